The number of rotatable bonds is 5. The molecule has 0 aliphatic rings. The molecule has 4 nitrogen and oxygen atoms in total. The number of aromatic amines is 1. The Morgan fingerprint density at radius 3 is 2.71 bits per heavy atom. The van der Waals surface area contributed by atoms with Gasteiger partial charge in [-0.15, -0.1) is 0 Å². The molecule has 2 rings (SSSR count). The number of aromatic nitrogens is 2. The van der Waals surface area contributed by atoms with Crippen LogP contribution in [-0.2, 0) is 6.42 Å². The van der Waals surface area contributed by atoms with Crippen LogP contribution in [0, 0.1) is 0 Å². The zero-order valence-corrected chi connectivity index (χ0v) is 9.94. The molecule has 0 unspecified atom stereocenters. The van der Waals surface area contributed by atoms with Crippen molar-refractivity contribution in [1.82, 2.24) is 10.2 Å². The molecular weight excluding hydrogens is 214 g/mol. The van der Waals surface area contributed by atoms with E-state index < -0.39 is 0 Å². The van der Waals surface area contributed by atoms with E-state index in [0.29, 0.717) is 13.2 Å². The molecule has 90 valence electrons. The maximum atomic E-state index is 5.50. The summed E-state index contributed by atoms with van der Waals surface area (Å²) < 4.78 is 5.40. The van der Waals surface area contributed by atoms with Gasteiger partial charge in [-0.3, -0.25) is 5.10 Å². The van der Waals surface area contributed by atoms with Crippen LogP contribution in [0.3, 0.4) is 0 Å². The van der Waals surface area contributed by atoms with E-state index in [1.807, 2.05) is 37.3 Å². The number of H-pyrrole nitrogens is 1. The van der Waals surface area contributed by atoms with E-state index in [1.54, 1.807) is 0 Å². The predicted molar refractivity (Wildman–Crippen MR) is 68.0 cm³/mol. The Labute approximate surface area is 101 Å². The van der Waals surface area contributed by atoms with Crippen molar-refractivity contribution < 1.29 is 4.74 Å². The average molecular weight is 231 g/mol. The Balaban J connectivity index is 2.15. The minimum Gasteiger partial charge on any atom is -0.494 e. The van der Waals surface area contributed by atoms with Crippen molar-refractivity contribution >= 4 is 0 Å². The third kappa shape index (κ3) is 2.85. The fraction of sp³-hybridized carbons (Fsp3) is 0.308. The van der Waals surface area contributed by atoms with Gasteiger partial charge in [0, 0.05) is 17.7 Å². The first-order valence-corrected chi connectivity index (χ1v) is 5.81. The molecule has 0 saturated heterocycles. The van der Waals surface area contributed by atoms with Gasteiger partial charge in [0.15, 0.2) is 0 Å². The summed E-state index contributed by atoms with van der Waals surface area (Å²) in [5.74, 6) is 0.883. The average Bonchev–Trinajstić information content (AvgIpc) is 2.80. The molecule has 0 atom stereocenters. The van der Waals surface area contributed by atoms with E-state index in [1.165, 1.54) is 0 Å². The number of ether oxygens (including phenoxy) is 1. The summed E-state index contributed by atoms with van der Waals surface area (Å²) >= 11 is 0. The Kier molecular flexibility index (Phi) is 3.77. The highest BCUT2D eigenvalue weighted by Crippen LogP contribution is 2.21. The Morgan fingerprint density at radius 1 is 1.29 bits per heavy atom. The molecule has 4 heteroatoms. The third-order valence-corrected chi connectivity index (χ3v) is 2.51. The Hall–Kier alpha value is -1.81. The SMILES string of the molecule is CCOc1ccc(-c2cc(CCN)[nH]n2)cc1. The molecule has 2 aromatic rings. The van der Waals surface area contributed by atoms with Gasteiger partial charge < -0.3 is 10.5 Å². The van der Waals surface area contributed by atoms with Gasteiger partial charge in [0.25, 0.3) is 0 Å². The smallest absolute Gasteiger partial charge is 0.119 e. The summed E-state index contributed by atoms with van der Waals surface area (Å²) in [5.41, 5.74) is 8.58. The van der Waals surface area contributed by atoms with Crippen LogP contribution in [0.15, 0.2) is 30.3 Å². The topological polar surface area (TPSA) is 63.9 Å². The lowest BCUT2D eigenvalue weighted by molar-refractivity contribution is 0.340. The lowest BCUT2D eigenvalue weighted by Crippen LogP contribution is -2.02. The summed E-state index contributed by atoms with van der Waals surface area (Å²) in [6, 6.07) is 9.95. The van der Waals surface area contributed by atoms with Gasteiger partial charge in [-0.05, 0) is 43.8 Å². The second-order valence-electron chi connectivity index (χ2n) is 3.77. The van der Waals surface area contributed by atoms with Gasteiger partial charge in [-0.25, -0.2) is 0 Å². The zero-order valence-electron chi connectivity index (χ0n) is 9.94. The first-order chi connectivity index (χ1) is 8.33. The van der Waals surface area contributed by atoms with Crippen LogP contribution in [0.1, 0.15) is 12.6 Å². The molecule has 0 radical (unpaired) electrons. The molecule has 17 heavy (non-hydrogen) atoms. The van der Waals surface area contributed by atoms with Crippen LogP contribution in [0.25, 0.3) is 11.3 Å². The quantitative estimate of drug-likeness (QED) is 0.827. The van der Waals surface area contributed by atoms with Crippen LogP contribution < -0.4 is 10.5 Å². The summed E-state index contributed by atoms with van der Waals surface area (Å²) in [6.45, 7) is 3.29. The van der Waals surface area contributed by atoms with Crippen LogP contribution in [0.5, 0.6) is 5.75 Å². The minimum absolute atomic E-state index is 0.630. The summed E-state index contributed by atoms with van der Waals surface area (Å²) in [5, 5.41) is 7.24. The number of benzene rings is 1. The standard InChI is InChI=1S/C13H17N3O/c1-2-17-12-5-3-10(4-6-12)13-9-11(7-8-14)15-16-13/h3-6,9H,2,7-8,14H2,1H3,(H,15,16). The molecule has 0 fully saturated rings. The number of nitrogens with two attached hydrogens (primary N) is 1. The minimum atomic E-state index is 0.630. The third-order valence-electron chi connectivity index (χ3n) is 2.51. The summed E-state index contributed by atoms with van der Waals surface area (Å²) in [6.07, 6.45) is 0.823. The fourth-order valence-electron chi connectivity index (χ4n) is 1.68. The predicted octanol–water partition coefficient (Wildman–Crippen LogP) is 1.98. The molecule has 1 aromatic carbocycles. The van der Waals surface area contributed by atoms with Crippen LogP contribution in [-0.4, -0.2) is 23.3 Å². The van der Waals surface area contributed by atoms with Crippen molar-refractivity contribution in [3.63, 3.8) is 0 Å². The highest BCUT2D eigenvalue weighted by molar-refractivity contribution is 5.60. The fourth-order valence-corrected chi connectivity index (χ4v) is 1.68. The van der Waals surface area contributed by atoms with E-state index in [0.717, 1.165) is 29.1 Å². The van der Waals surface area contributed by atoms with Crippen molar-refractivity contribution in [2.75, 3.05) is 13.2 Å². The summed E-state index contributed by atoms with van der Waals surface area (Å²) in [7, 11) is 0. The van der Waals surface area contributed by atoms with Crippen molar-refractivity contribution in [2.45, 2.75) is 13.3 Å². The highest BCUT2D eigenvalue weighted by atomic mass is 16.5. The van der Waals surface area contributed by atoms with Gasteiger partial charge in [0.1, 0.15) is 5.75 Å². The van der Waals surface area contributed by atoms with Crippen molar-refractivity contribution in [3.8, 4) is 17.0 Å². The van der Waals surface area contributed by atoms with E-state index in [-0.39, 0.29) is 0 Å². The van der Waals surface area contributed by atoms with Crippen LogP contribution >= 0.6 is 0 Å². The van der Waals surface area contributed by atoms with Gasteiger partial charge in [0.2, 0.25) is 0 Å². The van der Waals surface area contributed by atoms with E-state index in [2.05, 4.69) is 10.2 Å². The lowest BCUT2D eigenvalue weighted by Gasteiger charge is -2.02. The normalized spacial score (nSPS) is 10.5. The molecule has 0 aliphatic carbocycles. The molecule has 0 bridgehead atoms. The number of hydrogen-bond acceptors (Lipinski definition) is 3. The molecule has 1 aromatic heterocycles. The first kappa shape index (κ1) is 11.7. The summed E-state index contributed by atoms with van der Waals surface area (Å²) in [4.78, 5) is 0. The van der Waals surface area contributed by atoms with E-state index in [4.69, 9.17) is 10.5 Å². The number of hydrogen-bond donors (Lipinski definition) is 2. The molecule has 1 heterocycles. The molecule has 0 spiro atoms. The first-order valence-electron chi connectivity index (χ1n) is 5.81. The molecule has 0 amide bonds. The molecule has 0 aliphatic heterocycles. The van der Waals surface area contributed by atoms with Gasteiger partial charge in [-0.1, -0.05) is 0 Å². The largest absolute Gasteiger partial charge is 0.494 e. The van der Waals surface area contributed by atoms with Gasteiger partial charge in [0.05, 0.1) is 12.3 Å². The second-order valence-corrected chi connectivity index (χ2v) is 3.77. The highest BCUT2D eigenvalue weighted by Gasteiger charge is 2.03. The van der Waals surface area contributed by atoms with Crippen LogP contribution in [0.4, 0.5) is 0 Å². The maximum absolute atomic E-state index is 5.50. The Bertz CT molecular complexity index is 462. The van der Waals surface area contributed by atoms with E-state index >= 15 is 0 Å². The van der Waals surface area contributed by atoms with Crippen molar-refractivity contribution in [2.24, 2.45) is 5.73 Å². The molecule has 3 N–H and O–H groups in total. The Morgan fingerprint density at radius 2 is 2.06 bits per heavy atom. The van der Waals surface area contributed by atoms with Crippen molar-refractivity contribution in [3.05, 3.63) is 36.0 Å². The van der Waals surface area contributed by atoms with Crippen LogP contribution in [0.2, 0.25) is 0 Å². The second kappa shape index (κ2) is 5.50. The van der Waals surface area contributed by atoms with Gasteiger partial charge in [-0.2, -0.15) is 5.10 Å². The van der Waals surface area contributed by atoms with Gasteiger partial charge >= 0.3 is 0 Å². The molecular formula is C13H17N3O. The lowest BCUT2D eigenvalue weighted by atomic mass is 10.1. The zero-order chi connectivity index (χ0) is 12.1. The maximum Gasteiger partial charge on any atom is 0.119 e. The number of nitrogens with one attached hydrogen (secondary N) is 1. The monoisotopic (exact) mass is 231 g/mol. The number of nitrogens with zero attached hydrogens (tertiary/aromatic N) is 1. The van der Waals surface area contributed by atoms with E-state index in [9.17, 15) is 0 Å². The van der Waals surface area contributed by atoms with Crippen molar-refractivity contribution in [1.29, 1.82) is 0 Å². The molecule has 0 saturated carbocycles.